The third-order valence-electron chi connectivity index (χ3n) is 3.18. The molecule has 0 aliphatic heterocycles. The van der Waals surface area contributed by atoms with Gasteiger partial charge in [-0.15, -0.1) is 0 Å². The second-order valence-electron chi connectivity index (χ2n) is 4.33. The van der Waals surface area contributed by atoms with Gasteiger partial charge in [-0.05, 0) is 39.9 Å². The van der Waals surface area contributed by atoms with Crippen molar-refractivity contribution in [2.45, 2.75) is 19.4 Å². The monoisotopic (exact) mass is 301 g/mol. The lowest BCUT2D eigenvalue weighted by Gasteiger charge is -2.12. The summed E-state index contributed by atoms with van der Waals surface area (Å²) >= 11 is 3.08. The Morgan fingerprint density at radius 2 is 2.29 bits per heavy atom. The first-order chi connectivity index (χ1) is 7.97. The van der Waals surface area contributed by atoms with E-state index in [0.717, 1.165) is 0 Å². The molecule has 0 radical (unpaired) electrons. The fraction of sp³-hybridized carbons (Fsp3) is 0.417. The molecule has 0 bridgehead atoms. The summed E-state index contributed by atoms with van der Waals surface area (Å²) in [4.78, 5) is 11.6. The smallest absolute Gasteiger partial charge is 0.252 e. The van der Waals surface area contributed by atoms with Gasteiger partial charge in [0.25, 0.3) is 5.91 Å². The van der Waals surface area contributed by atoms with Crippen molar-refractivity contribution in [3.05, 3.63) is 33.0 Å². The number of rotatable bonds is 1. The normalized spacial score (nSPS) is 22.4. The quantitative estimate of drug-likeness (QED) is 0.835. The summed E-state index contributed by atoms with van der Waals surface area (Å²) < 4.78 is 14.2. The highest BCUT2D eigenvalue weighted by molar-refractivity contribution is 9.10. The Morgan fingerprint density at radius 1 is 1.65 bits per heavy atom. The Hall–Kier alpha value is -0.940. The van der Waals surface area contributed by atoms with Crippen molar-refractivity contribution in [1.29, 1.82) is 0 Å². The molecule has 5 heteroatoms. The van der Waals surface area contributed by atoms with Crippen LogP contribution >= 0.6 is 15.9 Å². The maximum atomic E-state index is 14.1. The Kier molecular flexibility index (Phi) is 3.23. The van der Waals surface area contributed by atoms with Crippen molar-refractivity contribution in [1.82, 2.24) is 5.32 Å². The molecule has 3 nitrogen and oxygen atoms in total. The molecule has 2 rings (SSSR count). The van der Waals surface area contributed by atoms with Gasteiger partial charge in [0.05, 0.1) is 16.1 Å². The highest BCUT2D eigenvalue weighted by Gasteiger charge is 2.33. The van der Waals surface area contributed by atoms with Crippen LogP contribution in [0.3, 0.4) is 0 Å². The van der Waals surface area contributed by atoms with Crippen molar-refractivity contribution < 1.29 is 14.3 Å². The predicted molar refractivity (Wildman–Crippen MR) is 65.3 cm³/mol. The average molecular weight is 302 g/mol. The van der Waals surface area contributed by atoms with E-state index in [4.69, 9.17) is 0 Å². The molecule has 1 aliphatic carbocycles. The summed E-state index contributed by atoms with van der Waals surface area (Å²) in [5.74, 6) is -0.892. The van der Waals surface area contributed by atoms with Crippen LogP contribution in [0, 0.1) is 11.7 Å². The van der Waals surface area contributed by atoms with Crippen LogP contribution in [-0.4, -0.2) is 18.1 Å². The summed E-state index contributed by atoms with van der Waals surface area (Å²) in [5.41, 5.74) is 1.30. The molecule has 0 heterocycles. The fourth-order valence-electron chi connectivity index (χ4n) is 2.22. The largest absolute Gasteiger partial charge is 0.388 e. The lowest BCUT2D eigenvalue weighted by atomic mass is 10.0. The minimum atomic E-state index is -0.792. The van der Waals surface area contributed by atoms with E-state index in [-0.39, 0.29) is 21.9 Å². The number of fused-ring (bicyclic) bond motifs is 1. The molecule has 1 aromatic rings. The van der Waals surface area contributed by atoms with Gasteiger partial charge in [-0.2, -0.15) is 0 Å². The molecule has 2 N–H and O–H groups in total. The summed E-state index contributed by atoms with van der Waals surface area (Å²) in [6, 6.07) is 1.65. The average Bonchev–Trinajstić information content (AvgIpc) is 2.59. The molecule has 1 aromatic carbocycles. The number of nitrogens with one attached hydrogen (secondary N) is 1. The Bertz CT molecular complexity index is 490. The summed E-state index contributed by atoms with van der Waals surface area (Å²) in [5, 5.41) is 12.3. The van der Waals surface area contributed by atoms with Gasteiger partial charge in [0.2, 0.25) is 0 Å². The van der Waals surface area contributed by atoms with E-state index in [1.165, 1.54) is 7.05 Å². The highest BCUT2D eigenvalue weighted by Crippen LogP contribution is 2.40. The zero-order valence-corrected chi connectivity index (χ0v) is 11.1. The van der Waals surface area contributed by atoms with Crippen LogP contribution in [0.5, 0.6) is 0 Å². The fourth-order valence-corrected chi connectivity index (χ4v) is 2.73. The van der Waals surface area contributed by atoms with Crippen LogP contribution in [0.2, 0.25) is 0 Å². The molecular formula is C12H13BrFNO2. The third-order valence-corrected chi connectivity index (χ3v) is 3.95. The van der Waals surface area contributed by atoms with E-state index in [0.29, 0.717) is 17.5 Å². The lowest BCUT2D eigenvalue weighted by molar-refractivity contribution is 0.0961. The van der Waals surface area contributed by atoms with E-state index in [1.54, 1.807) is 6.07 Å². The van der Waals surface area contributed by atoms with Crippen LogP contribution in [0.15, 0.2) is 10.5 Å². The minimum absolute atomic E-state index is 0.0219. The number of carbonyl (C=O) groups is 1. The number of hydrogen-bond acceptors (Lipinski definition) is 2. The Morgan fingerprint density at radius 3 is 2.88 bits per heavy atom. The van der Waals surface area contributed by atoms with Crippen LogP contribution in [0.25, 0.3) is 0 Å². The highest BCUT2D eigenvalue weighted by atomic mass is 79.9. The van der Waals surface area contributed by atoms with Gasteiger partial charge in [0.1, 0.15) is 5.82 Å². The molecule has 17 heavy (non-hydrogen) atoms. The molecule has 1 amide bonds. The van der Waals surface area contributed by atoms with Crippen molar-refractivity contribution in [3.8, 4) is 0 Å². The molecule has 0 saturated carbocycles. The van der Waals surface area contributed by atoms with Gasteiger partial charge in [0, 0.05) is 12.6 Å². The number of aliphatic hydroxyl groups is 1. The van der Waals surface area contributed by atoms with E-state index >= 15 is 0 Å². The van der Waals surface area contributed by atoms with Gasteiger partial charge >= 0.3 is 0 Å². The third kappa shape index (κ3) is 1.87. The van der Waals surface area contributed by atoms with E-state index in [1.807, 2.05) is 6.92 Å². The van der Waals surface area contributed by atoms with Crippen LogP contribution in [0.4, 0.5) is 4.39 Å². The number of halogens is 2. The second-order valence-corrected chi connectivity index (χ2v) is 5.12. The zero-order valence-electron chi connectivity index (χ0n) is 9.55. The van der Waals surface area contributed by atoms with Gasteiger partial charge in [0.15, 0.2) is 0 Å². The molecule has 0 unspecified atom stereocenters. The van der Waals surface area contributed by atoms with E-state index < -0.39 is 11.9 Å². The molecular weight excluding hydrogens is 289 g/mol. The summed E-state index contributed by atoms with van der Waals surface area (Å²) in [6.07, 6.45) is -0.204. The molecule has 92 valence electrons. The number of hydrogen-bond donors (Lipinski definition) is 2. The molecule has 0 saturated heterocycles. The molecule has 0 spiro atoms. The number of amides is 1. The van der Waals surface area contributed by atoms with Crippen LogP contribution < -0.4 is 5.32 Å². The topological polar surface area (TPSA) is 49.3 Å². The van der Waals surface area contributed by atoms with Gasteiger partial charge in [-0.1, -0.05) is 6.92 Å². The van der Waals surface area contributed by atoms with Gasteiger partial charge < -0.3 is 10.4 Å². The zero-order chi connectivity index (χ0) is 12.7. The standard InChI is InChI=1S/C12H13BrFNO2/c1-5-3-6-4-7(12(17)15-2)9(13)10(14)8(6)11(5)16/h4-5,11,16H,3H2,1-2H3,(H,15,17)/t5-,11-/m0/s1. The Labute approximate surface area is 107 Å². The summed E-state index contributed by atoms with van der Waals surface area (Å²) in [6.45, 7) is 1.86. The van der Waals surface area contributed by atoms with Crippen molar-refractivity contribution in [3.63, 3.8) is 0 Å². The van der Waals surface area contributed by atoms with Crippen molar-refractivity contribution in [2.24, 2.45) is 5.92 Å². The molecule has 1 aliphatic rings. The van der Waals surface area contributed by atoms with E-state index in [9.17, 15) is 14.3 Å². The maximum absolute atomic E-state index is 14.1. The van der Waals surface area contributed by atoms with Crippen molar-refractivity contribution in [2.75, 3.05) is 7.05 Å². The summed E-state index contributed by atoms with van der Waals surface area (Å²) in [7, 11) is 1.50. The lowest BCUT2D eigenvalue weighted by Crippen LogP contribution is -2.19. The van der Waals surface area contributed by atoms with Gasteiger partial charge in [-0.3, -0.25) is 4.79 Å². The minimum Gasteiger partial charge on any atom is -0.388 e. The first-order valence-corrected chi connectivity index (χ1v) is 6.17. The number of carbonyl (C=O) groups excluding carboxylic acids is 1. The second kappa shape index (κ2) is 4.38. The van der Waals surface area contributed by atoms with Gasteiger partial charge in [-0.25, -0.2) is 4.39 Å². The number of aliphatic hydroxyl groups excluding tert-OH is 1. The first kappa shape index (κ1) is 12.5. The SMILES string of the molecule is CNC(=O)c1cc2c(c(F)c1Br)[C@@H](O)[C@@H](C)C2. The van der Waals surface area contributed by atoms with Crippen molar-refractivity contribution >= 4 is 21.8 Å². The number of benzene rings is 1. The Balaban J connectivity index is 2.61. The molecule has 0 aromatic heterocycles. The first-order valence-electron chi connectivity index (χ1n) is 5.38. The molecule has 0 fully saturated rings. The molecule has 2 atom stereocenters. The predicted octanol–water partition coefficient (Wildman–Crippen LogP) is 2.17. The van der Waals surface area contributed by atoms with E-state index in [2.05, 4.69) is 21.2 Å². The van der Waals surface area contributed by atoms with Crippen LogP contribution in [0.1, 0.15) is 34.5 Å². The maximum Gasteiger partial charge on any atom is 0.252 e. The van der Waals surface area contributed by atoms with Crippen LogP contribution in [-0.2, 0) is 6.42 Å².